The normalized spacial score (nSPS) is 23.5. The largest absolute Gasteiger partial charge is 0.366 e. The van der Waals surface area contributed by atoms with E-state index >= 15 is 0 Å². The summed E-state index contributed by atoms with van der Waals surface area (Å²) < 4.78 is 0. The molecule has 0 saturated heterocycles. The van der Waals surface area contributed by atoms with Gasteiger partial charge in [-0.2, -0.15) is 0 Å². The molecule has 136 valence electrons. The molecule has 1 heterocycles. The predicted octanol–water partition coefficient (Wildman–Crippen LogP) is 2.91. The lowest BCUT2D eigenvalue weighted by molar-refractivity contribution is -0.126. The number of rotatable bonds is 4. The SMILES string of the molecule is CC(CNC(=O)C1CCCC(N)C1)N1CCc2ccccc21.Cl.Cl. The van der Waals surface area contributed by atoms with Crippen LogP contribution in [0.3, 0.4) is 0 Å². The van der Waals surface area contributed by atoms with Crippen LogP contribution in [0.5, 0.6) is 0 Å². The van der Waals surface area contributed by atoms with Crippen LogP contribution in [-0.2, 0) is 11.2 Å². The Labute approximate surface area is 157 Å². The molecule has 3 unspecified atom stereocenters. The van der Waals surface area contributed by atoms with E-state index in [9.17, 15) is 4.79 Å². The summed E-state index contributed by atoms with van der Waals surface area (Å²) >= 11 is 0. The molecule has 1 aromatic carbocycles. The molecule has 3 rings (SSSR count). The molecule has 24 heavy (non-hydrogen) atoms. The average Bonchev–Trinajstić information content (AvgIpc) is 2.96. The number of benzene rings is 1. The van der Waals surface area contributed by atoms with Crippen LogP contribution in [0.2, 0.25) is 0 Å². The lowest BCUT2D eigenvalue weighted by Crippen LogP contribution is -2.44. The number of para-hydroxylation sites is 1. The number of anilines is 1. The zero-order chi connectivity index (χ0) is 15.5. The zero-order valence-corrected chi connectivity index (χ0v) is 15.9. The molecule has 0 radical (unpaired) electrons. The first kappa shape index (κ1) is 21.1. The Hall–Kier alpha value is -0.970. The van der Waals surface area contributed by atoms with Crippen molar-refractivity contribution in [3.8, 4) is 0 Å². The molecular formula is C18H29Cl2N3O. The second kappa shape index (κ2) is 9.50. The first-order valence-corrected chi connectivity index (χ1v) is 8.53. The van der Waals surface area contributed by atoms with Gasteiger partial charge in [-0.05, 0) is 44.2 Å². The van der Waals surface area contributed by atoms with Crippen molar-refractivity contribution in [3.63, 3.8) is 0 Å². The second-order valence-electron chi connectivity index (χ2n) is 6.79. The Bertz CT molecular complexity index is 541. The van der Waals surface area contributed by atoms with Gasteiger partial charge in [0, 0.05) is 36.8 Å². The second-order valence-corrected chi connectivity index (χ2v) is 6.79. The summed E-state index contributed by atoms with van der Waals surface area (Å²) in [7, 11) is 0. The van der Waals surface area contributed by atoms with Gasteiger partial charge in [-0.25, -0.2) is 0 Å². The van der Waals surface area contributed by atoms with Crippen LogP contribution in [0.25, 0.3) is 0 Å². The lowest BCUT2D eigenvalue weighted by atomic mass is 9.85. The number of hydrogen-bond donors (Lipinski definition) is 2. The van der Waals surface area contributed by atoms with Crippen LogP contribution in [0.4, 0.5) is 5.69 Å². The van der Waals surface area contributed by atoms with Crippen LogP contribution in [0, 0.1) is 5.92 Å². The quantitative estimate of drug-likeness (QED) is 0.852. The van der Waals surface area contributed by atoms with Crippen LogP contribution < -0.4 is 16.0 Å². The molecule has 1 aliphatic carbocycles. The van der Waals surface area contributed by atoms with E-state index in [4.69, 9.17) is 5.73 Å². The molecule has 4 nitrogen and oxygen atoms in total. The number of halogens is 2. The fraction of sp³-hybridized carbons (Fsp3) is 0.611. The Balaban J connectivity index is 0.00000144. The summed E-state index contributed by atoms with van der Waals surface area (Å²) in [6, 6.07) is 9.09. The number of nitrogens with zero attached hydrogens (tertiary/aromatic N) is 1. The van der Waals surface area contributed by atoms with E-state index in [-0.39, 0.29) is 42.7 Å². The third kappa shape index (κ3) is 4.78. The summed E-state index contributed by atoms with van der Waals surface area (Å²) in [6.07, 6.45) is 5.07. The van der Waals surface area contributed by atoms with E-state index < -0.39 is 0 Å². The molecule has 1 aliphatic heterocycles. The average molecular weight is 374 g/mol. The summed E-state index contributed by atoms with van der Waals surface area (Å²) in [5, 5.41) is 3.14. The van der Waals surface area contributed by atoms with Crippen LogP contribution in [0.15, 0.2) is 24.3 Å². The fourth-order valence-electron chi connectivity index (χ4n) is 3.79. The van der Waals surface area contributed by atoms with E-state index in [1.165, 1.54) is 11.3 Å². The van der Waals surface area contributed by atoms with Crippen molar-refractivity contribution in [2.45, 2.75) is 51.1 Å². The van der Waals surface area contributed by atoms with Crippen molar-refractivity contribution in [2.24, 2.45) is 11.7 Å². The van der Waals surface area contributed by atoms with Crippen molar-refractivity contribution in [1.29, 1.82) is 0 Å². The van der Waals surface area contributed by atoms with Crippen LogP contribution >= 0.6 is 24.8 Å². The van der Waals surface area contributed by atoms with Crippen LogP contribution in [-0.4, -0.2) is 31.1 Å². The van der Waals surface area contributed by atoms with Gasteiger partial charge < -0.3 is 16.0 Å². The highest BCUT2D eigenvalue weighted by Crippen LogP contribution is 2.29. The number of carbonyl (C=O) groups excluding carboxylic acids is 1. The third-order valence-electron chi connectivity index (χ3n) is 5.11. The topological polar surface area (TPSA) is 58.4 Å². The Morgan fingerprint density at radius 2 is 2.08 bits per heavy atom. The fourth-order valence-corrected chi connectivity index (χ4v) is 3.79. The monoisotopic (exact) mass is 373 g/mol. The number of nitrogens with two attached hydrogens (primary N) is 1. The molecule has 0 spiro atoms. The Morgan fingerprint density at radius 3 is 2.83 bits per heavy atom. The summed E-state index contributed by atoms with van der Waals surface area (Å²) in [5.41, 5.74) is 8.72. The number of amides is 1. The van der Waals surface area contributed by atoms with E-state index in [0.29, 0.717) is 12.6 Å². The third-order valence-corrected chi connectivity index (χ3v) is 5.11. The minimum absolute atomic E-state index is 0. The molecule has 1 aromatic rings. The lowest BCUT2D eigenvalue weighted by Gasteiger charge is -2.29. The van der Waals surface area contributed by atoms with E-state index in [1.54, 1.807) is 0 Å². The molecule has 3 atom stereocenters. The van der Waals surface area contributed by atoms with Gasteiger partial charge in [-0.1, -0.05) is 24.6 Å². The molecule has 1 amide bonds. The van der Waals surface area contributed by atoms with Crippen molar-refractivity contribution < 1.29 is 4.79 Å². The van der Waals surface area contributed by atoms with Gasteiger partial charge in [0.25, 0.3) is 0 Å². The highest BCUT2D eigenvalue weighted by molar-refractivity contribution is 5.85. The molecule has 0 aromatic heterocycles. The van der Waals surface area contributed by atoms with E-state index in [1.807, 2.05) is 0 Å². The zero-order valence-electron chi connectivity index (χ0n) is 14.2. The predicted molar refractivity (Wildman–Crippen MR) is 104 cm³/mol. The van der Waals surface area contributed by atoms with Gasteiger partial charge in [0.15, 0.2) is 0 Å². The van der Waals surface area contributed by atoms with Gasteiger partial charge in [0.05, 0.1) is 0 Å². The van der Waals surface area contributed by atoms with Crippen molar-refractivity contribution >= 4 is 36.4 Å². The first-order valence-electron chi connectivity index (χ1n) is 8.53. The minimum Gasteiger partial charge on any atom is -0.366 e. The van der Waals surface area contributed by atoms with Gasteiger partial charge in [0.1, 0.15) is 0 Å². The molecule has 1 saturated carbocycles. The summed E-state index contributed by atoms with van der Waals surface area (Å²) in [5.74, 6) is 0.302. The highest BCUT2D eigenvalue weighted by Gasteiger charge is 2.27. The molecule has 0 bridgehead atoms. The van der Waals surface area contributed by atoms with Crippen LogP contribution in [0.1, 0.15) is 38.2 Å². The maximum absolute atomic E-state index is 12.3. The van der Waals surface area contributed by atoms with Crippen molar-refractivity contribution in [3.05, 3.63) is 29.8 Å². The van der Waals surface area contributed by atoms with E-state index in [2.05, 4.69) is 41.4 Å². The highest BCUT2D eigenvalue weighted by atomic mass is 35.5. The van der Waals surface area contributed by atoms with Crippen molar-refractivity contribution in [2.75, 3.05) is 18.0 Å². The van der Waals surface area contributed by atoms with Gasteiger partial charge in [-0.15, -0.1) is 24.8 Å². The van der Waals surface area contributed by atoms with Crippen molar-refractivity contribution in [1.82, 2.24) is 5.32 Å². The Morgan fingerprint density at radius 1 is 1.33 bits per heavy atom. The Kier molecular flexibility index (Phi) is 8.34. The maximum atomic E-state index is 12.3. The van der Waals surface area contributed by atoms with Gasteiger partial charge >= 0.3 is 0 Å². The smallest absolute Gasteiger partial charge is 0.223 e. The van der Waals surface area contributed by atoms with Gasteiger partial charge in [0.2, 0.25) is 5.91 Å². The summed E-state index contributed by atoms with van der Waals surface area (Å²) in [6.45, 7) is 3.94. The standard InChI is InChI=1S/C18H27N3O.2ClH/c1-13(21-10-9-14-5-2-3-8-17(14)21)12-20-18(22)15-6-4-7-16(19)11-15;;/h2-3,5,8,13,15-16H,4,6-7,9-12,19H2,1H3,(H,20,22);2*1H. The molecule has 6 heteroatoms. The maximum Gasteiger partial charge on any atom is 0.223 e. The number of hydrogen-bond acceptors (Lipinski definition) is 3. The minimum atomic E-state index is 0. The van der Waals surface area contributed by atoms with Gasteiger partial charge in [-0.3, -0.25) is 4.79 Å². The number of fused-ring (bicyclic) bond motifs is 1. The molecular weight excluding hydrogens is 345 g/mol. The first-order chi connectivity index (χ1) is 10.6. The summed E-state index contributed by atoms with van der Waals surface area (Å²) in [4.78, 5) is 14.7. The van der Waals surface area contributed by atoms with E-state index in [0.717, 1.165) is 38.6 Å². The molecule has 1 fully saturated rings. The molecule has 3 N–H and O–H groups in total. The molecule has 2 aliphatic rings. The number of carbonyl (C=O) groups is 1. The number of nitrogens with one attached hydrogen (secondary N) is 1.